The normalized spacial score (nSPS) is 16.7. The van der Waals surface area contributed by atoms with Crippen molar-refractivity contribution in [2.45, 2.75) is 40.5 Å². The van der Waals surface area contributed by atoms with Crippen molar-refractivity contribution in [3.05, 3.63) is 41.4 Å². The van der Waals surface area contributed by atoms with Crippen molar-refractivity contribution in [1.29, 1.82) is 0 Å². The monoisotopic (exact) mass is 408 g/mol. The molecular weight excluding hydrogens is 380 g/mol. The maximum Gasteiger partial charge on any atom is 0.231 e. The lowest BCUT2D eigenvalue weighted by atomic mass is 9.96. The highest BCUT2D eigenvalue weighted by atomic mass is 16.5. The van der Waals surface area contributed by atoms with Gasteiger partial charge in [0, 0.05) is 24.3 Å². The molecule has 3 heterocycles. The Morgan fingerprint density at radius 1 is 1.23 bits per heavy atom. The molecule has 158 valence electrons. The number of fused-ring (bicyclic) bond motifs is 1. The predicted octanol–water partition coefficient (Wildman–Crippen LogP) is 4.40. The standard InChI is InChI=1S/C23H28N4O3/c1-5-29-19-10-8-18(9-11-19)26-22(28)17-7-6-12-27(13-17)21-20-14(2)15(3)30-23(20)25-16(4)24-21/h8-11,17H,5-7,12-13H2,1-4H3,(H,26,28). The van der Waals surface area contributed by atoms with Crippen LogP contribution in [0.3, 0.4) is 0 Å². The first-order valence-electron chi connectivity index (χ1n) is 10.5. The summed E-state index contributed by atoms with van der Waals surface area (Å²) in [7, 11) is 0. The summed E-state index contributed by atoms with van der Waals surface area (Å²) < 4.78 is 11.3. The Kier molecular flexibility index (Phi) is 5.61. The van der Waals surface area contributed by atoms with Gasteiger partial charge in [0.2, 0.25) is 11.6 Å². The van der Waals surface area contributed by atoms with Crippen LogP contribution < -0.4 is 15.0 Å². The van der Waals surface area contributed by atoms with E-state index in [0.717, 1.165) is 53.4 Å². The summed E-state index contributed by atoms with van der Waals surface area (Å²) in [4.78, 5) is 24.3. The Hall–Kier alpha value is -3.09. The molecule has 30 heavy (non-hydrogen) atoms. The number of amides is 1. The van der Waals surface area contributed by atoms with Crippen LogP contribution in [0.4, 0.5) is 11.5 Å². The van der Waals surface area contributed by atoms with Gasteiger partial charge in [-0.1, -0.05) is 0 Å². The van der Waals surface area contributed by atoms with Gasteiger partial charge < -0.3 is 19.4 Å². The third kappa shape index (κ3) is 3.97. The Morgan fingerprint density at radius 2 is 2.00 bits per heavy atom. The van der Waals surface area contributed by atoms with Crippen molar-refractivity contribution in [2.75, 3.05) is 29.9 Å². The number of aryl methyl sites for hydroxylation is 3. The lowest BCUT2D eigenvalue weighted by Crippen LogP contribution is -2.41. The molecule has 0 radical (unpaired) electrons. The van der Waals surface area contributed by atoms with Crippen molar-refractivity contribution in [1.82, 2.24) is 9.97 Å². The number of hydrogen-bond donors (Lipinski definition) is 1. The molecule has 0 bridgehead atoms. The molecule has 1 saturated heterocycles. The zero-order valence-electron chi connectivity index (χ0n) is 18.0. The van der Waals surface area contributed by atoms with Gasteiger partial charge in [0.25, 0.3) is 0 Å². The van der Waals surface area contributed by atoms with Gasteiger partial charge in [-0.05, 0) is 64.8 Å². The van der Waals surface area contributed by atoms with Gasteiger partial charge in [-0.15, -0.1) is 0 Å². The van der Waals surface area contributed by atoms with E-state index in [1.165, 1.54) is 0 Å². The lowest BCUT2D eigenvalue weighted by Gasteiger charge is -2.33. The Labute approximate surface area is 176 Å². The van der Waals surface area contributed by atoms with Gasteiger partial charge in [0.05, 0.1) is 17.9 Å². The second kappa shape index (κ2) is 8.34. The van der Waals surface area contributed by atoms with E-state index < -0.39 is 0 Å². The molecule has 1 amide bonds. The van der Waals surface area contributed by atoms with E-state index in [4.69, 9.17) is 14.1 Å². The van der Waals surface area contributed by atoms with E-state index in [-0.39, 0.29) is 11.8 Å². The van der Waals surface area contributed by atoms with E-state index in [2.05, 4.69) is 15.2 Å². The van der Waals surface area contributed by atoms with Crippen LogP contribution in [0.2, 0.25) is 0 Å². The maximum absolute atomic E-state index is 12.9. The molecule has 1 N–H and O–H groups in total. The average Bonchev–Trinajstić information content (AvgIpc) is 3.02. The molecule has 1 aliphatic heterocycles. The molecular formula is C23H28N4O3. The van der Waals surface area contributed by atoms with Crippen LogP contribution in [0, 0.1) is 26.7 Å². The topological polar surface area (TPSA) is 80.5 Å². The molecule has 1 aromatic carbocycles. The summed E-state index contributed by atoms with van der Waals surface area (Å²) in [6.45, 7) is 9.90. The first kappa shape index (κ1) is 20.2. The molecule has 7 heteroatoms. The molecule has 0 spiro atoms. The number of furan rings is 1. The van der Waals surface area contributed by atoms with Crippen LogP contribution in [0.1, 0.15) is 36.9 Å². The summed E-state index contributed by atoms with van der Waals surface area (Å²) in [5, 5.41) is 3.99. The van der Waals surface area contributed by atoms with Gasteiger partial charge in [-0.25, -0.2) is 4.98 Å². The number of carbonyl (C=O) groups is 1. The Balaban J connectivity index is 1.52. The molecule has 1 atom stereocenters. The fourth-order valence-electron chi connectivity index (χ4n) is 3.99. The first-order chi connectivity index (χ1) is 14.5. The minimum atomic E-state index is -0.107. The zero-order chi connectivity index (χ0) is 21.3. The third-order valence-electron chi connectivity index (χ3n) is 5.65. The zero-order valence-corrected chi connectivity index (χ0v) is 18.0. The molecule has 2 aromatic heterocycles. The number of carbonyl (C=O) groups excluding carboxylic acids is 1. The number of benzene rings is 1. The van der Waals surface area contributed by atoms with Gasteiger partial charge in [0.15, 0.2) is 0 Å². The molecule has 1 fully saturated rings. The van der Waals surface area contributed by atoms with Crippen LogP contribution in [0.25, 0.3) is 11.1 Å². The van der Waals surface area contributed by atoms with Crippen LogP contribution in [-0.4, -0.2) is 35.6 Å². The Bertz CT molecular complexity index is 1060. The van der Waals surface area contributed by atoms with Crippen molar-refractivity contribution in [3.63, 3.8) is 0 Å². The molecule has 3 aromatic rings. The van der Waals surface area contributed by atoms with E-state index in [1.54, 1.807) is 0 Å². The molecule has 1 aliphatic rings. The third-order valence-corrected chi connectivity index (χ3v) is 5.65. The second-order valence-electron chi connectivity index (χ2n) is 7.79. The number of piperidine rings is 1. The SMILES string of the molecule is CCOc1ccc(NC(=O)C2CCCN(c3nc(C)nc4oc(C)c(C)c34)C2)cc1. The summed E-state index contributed by atoms with van der Waals surface area (Å²) >= 11 is 0. The van der Waals surface area contributed by atoms with E-state index >= 15 is 0 Å². The highest BCUT2D eigenvalue weighted by molar-refractivity contribution is 5.94. The molecule has 4 rings (SSSR count). The summed E-state index contributed by atoms with van der Waals surface area (Å²) in [5.41, 5.74) is 2.46. The fourth-order valence-corrected chi connectivity index (χ4v) is 3.99. The smallest absolute Gasteiger partial charge is 0.231 e. The van der Waals surface area contributed by atoms with E-state index in [1.807, 2.05) is 52.0 Å². The maximum atomic E-state index is 12.9. The van der Waals surface area contributed by atoms with Crippen molar-refractivity contribution in [3.8, 4) is 5.75 Å². The molecule has 7 nitrogen and oxygen atoms in total. The number of nitrogens with one attached hydrogen (secondary N) is 1. The second-order valence-corrected chi connectivity index (χ2v) is 7.79. The highest BCUT2D eigenvalue weighted by Crippen LogP contribution is 2.33. The van der Waals surface area contributed by atoms with Gasteiger partial charge in [-0.2, -0.15) is 4.98 Å². The summed E-state index contributed by atoms with van der Waals surface area (Å²) in [6, 6.07) is 7.49. The number of anilines is 2. The number of nitrogens with zero attached hydrogens (tertiary/aromatic N) is 3. The van der Waals surface area contributed by atoms with E-state index in [9.17, 15) is 4.79 Å². The number of aromatic nitrogens is 2. The molecule has 1 unspecified atom stereocenters. The quantitative estimate of drug-likeness (QED) is 0.674. The largest absolute Gasteiger partial charge is 0.494 e. The number of hydrogen-bond acceptors (Lipinski definition) is 6. The minimum Gasteiger partial charge on any atom is -0.494 e. The number of ether oxygens (including phenoxy) is 1. The van der Waals surface area contributed by atoms with E-state index in [0.29, 0.717) is 24.7 Å². The van der Waals surface area contributed by atoms with Crippen LogP contribution in [0.15, 0.2) is 28.7 Å². The lowest BCUT2D eigenvalue weighted by molar-refractivity contribution is -0.120. The summed E-state index contributed by atoms with van der Waals surface area (Å²) in [6.07, 6.45) is 1.79. The predicted molar refractivity (Wildman–Crippen MR) is 117 cm³/mol. The van der Waals surface area contributed by atoms with Crippen LogP contribution in [-0.2, 0) is 4.79 Å². The van der Waals surface area contributed by atoms with Crippen molar-refractivity contribution in [2.24, 2.45) is 5.92 Å². The molecule has 0 saturated carbocycles. The minimum absolute atomic E-state index is 0.0333. The summed E-state index contributed by atoms with van der Waals surface area (Å²) in [5.74, 6) is 3.12. The molecule has 0 aliphatic carbocycles. The fraction of sp³-hybridized carbons (Fsp3) is 0.435. The Morgan fingerprint density at radius 3 is 2.73 bits per heavy atom. The van der Waals surface area contributed by atoms with Crippen LogP contribution in [0.5, 0.6) is 5.75 Å². The first-order valence-corrected chi connectivity index (χ1v) is 10.5. The average molecular weight is 409 g/mol. The van der Waals surface area contributed by atoms with Gasteiger partial charge in [0.1, 0.15) is 23.2 Å². The van der Waals surface area contributed by atoms with Gasteiger partial charge in [-0.3, -0.25) is 4.79 Å². The van der Waals surface area contributed by atoms with Crippen LogP contribution >= 0.6 is 0 Å². The van der Waals surface area contributed by atoms with Gasteiger partial charge >= 0.3 is 0 Å². The highest BCUT2D eigenvalue weighted by Gasteiger charge is 2.29. The van der Waals surface area contributed by atoms with Crippen molar-refractivity contribution < 1.29 is 13.9 Å². The number of rotatable bonds is 5. The van der Waals surface area contributed by atoms with Crippen molar-refractivity contribution >= 4 is 28.5 Å².